The van der Waals surface area contributed by atoms with Crippen molar-refractivity contribution in [2.75, 3.05) is 0 Å². The van der Waals surface area contributed by atoms with Crippen LogP contribution in [-0.2, 0) is 9.84 Å². The second-order valence-corrected chi connectivity index (χ2v) is 5.73. The summed E-state index contributed by atoms with van der Waals surface area (Å²) in [4.78, 5) is 9.95. The molecule has 0 atom stereocenters. The maximum Gasteiger partial charge on any atom is 0.269 e. The summed E-state index contributed by atoms with van der Waals surface area (Å²) in [7, 11) is -3.70. The molecular weight excluding hydrogens is 495 g/mol. The van der Waals surface area contributed by atoms with Crippen LogP contribution in [0.15, 0.2) is 58.3 Å². The van der Waals surface area contributed by atoms with E-state index in [4.69, 9.17) is 5.73 Å². The number of benzene rings is 2. The molecule has 2 aromatic rings. The van der Waals surface area contributed by atoms with Gasteiger partial charge in [-0.3, -0.25) is 10.1 Å². The standard InChI is InChI=1S/C12H9N2O4S.Ac/c13-9-1-5-11(6-2-9)19(17,18)12-7-3-10(4-8-12)14(15)16;/h1-8,13H;/q-1;. The molecule has 0 amide bonds. The molecule has 1 radical (unpaired) electrons. The van der Waals surface area contributed by atoms with E-state index in [9.17, 15) is 18.5 Å². The van der Waals surface area contributed by atoms with Crippen LogP contribution in [0.5, 0.6) is 0 Å². The first-order valence-corrected chi connectivity index (χ1v) is 6.71. The van der Waals surface area contributed by atoms with Gasteiger partial charge in [-0.1, -0.05) is 12.1 Å². The van der Waals surface area contributed by atoms with Crippen LogP contribution in [0, 0.1) is 54.2 Å². The van der Waals surface area contributed by atoms with Gasteiger partial charge in [0.25, 0.3) is 5.69 Å². The zero-order valence-electron chi connectivity index (χ0n) is 10.2. The second-order valence-electron chi connectivity index (χ2n) is 3.78. The van der Waals surface area contributed by atoms with Gasteiger partial charge in [0.2, 0.25) is 9.84 Å². The summed E-state index contributed by atoms with van der Waals surface area (Å²) < 4.78 is 24.4. The molecule has 8 heteroatoms. The van der Waals surface area contributed by atoms with Gasteiger partial charge in [-0.2, -0.15) is 0 Å². The number of nitro benzene ring substituents is 1. The molecule has 101 valence electrons. The van der Waals surface area contributed by atoms with Gasteiger partial charge in [0, 0.05) is 56.2 Å². The molecule has 20 heavy (non-hydrogen) atoms. The van der Waals surface area contributed by atoms with Crippen molar-refractivity contribution in [2.45, 2.75) is 9.79 Å². The Bertz CT molecular complexity index is 712. The third-order valence-electron chi connectivity index (χ3n) is 2.52. The zero-order valence-corrected chi connectivity index (χ0v) is 15.7. The van der Waals surface area contributed by atoms with Crippen LogP contribution in [0.2, 0.25) is 0 Å². The fraction of sp³-hybridized carbons (Fsp3) is 0. The molecule has 0 aromatic heterocycles. The van der Waals surface area contributed by atoms with Crippen molar-refractivity contribution < 1.29 is 57.4 Å². The zero-order chi connectivity index (χ0) is 14.0. The fourth-order valence-corrected chi connectivity index (χ4v) is 2.78. The summed E-state index contributed by atoms with van der Waals surface area (Å²) in [5, 5.41) is 10.5. The van der Waals surface area contributed by atoms with Crippen LogP contribution >= 0.6 is 0 Å². The molecule has 6 nitrogen and oxygen atoms in total. The van der Waals surface area contributed by atoms with Crippen molar-refractivity contribution in [1.82, 2.24) is 0 Å². The molecule has 0 unspecified atom stereocenters. The SMILES string of the molecule is [Ac].[NH-]c1ccc(S(=O)(=O)c2ccc([N+](=O)[O-])cc2)cc1. The predicted molar refractivity (Wildman–Crippen MR) is 69.0 cm³/mol. The van der Waals surface area contributed by atoms with Crippen molar-refractivity contribution in [3.63, 3.8) is 0 Å². The molecule has 0 spiro atoms. The predicted octanol–water partition coefficient (Wildman–Crippen LogP) is 3.11. The summed E-state index contributed by atoms with van der Waals surface area (Å²) in [5.74, 6) is 0. The van der Waals surface area contributed by atoms with E-state index in [1.165, 1.54) is 36.4 Å². The van der Waals surface area contributed by atoms with Gasteiger partial charge >= 0.3 is 0 Å². The second kappa shape index (κ2) is 6.66. The molecule has 0 fully saturated rings. The van der Waals surface area contributed by atoms with E-state index in [0.717, 1.165) is 12.1 Å². The van der Waals surface area contributed by atoms with Gasteiger partial charge in [0.05, 0.1) is 14.7 Å². The molecule has 0 heterocycles. The summed E-state index contributed by atoms with van der Waals surface area (Å²) in [5.41, 5.74) is 7.35. The van der Waals surface area contributed by atoms with Gasteiger partial charge in [-0.25, -0.2) is 8.42 Å². The molecule has 2 aromatic carbocycles. The minimum atomic E-state index is -3.70. The van der Waals surface area contributed by atoms with Crippen LogP contribution in [-0.4, -0.2) is 13.3 Å². The molecular formula is C12H9AcN2O4S-. The number of sulfone groups is 1. The van der Waals surface area contributed by atoms with Gasteiger partial charge in [0.1, 0.15) is 0 Å². The van der Waals surface area contributed by atoms with Gasteiger partial charge in [-0.05, 0) is 24.3 Å². The summed E-state index contributed by atoms with van der Waals surface area (Å²) >= 11 is 0. The van der Waals surface area contributed by atoms with Crippen LogP contribution in [0.1, 0.15) is 0 Å². The van der Waals surface area contributed by atoms with Crippen molar-refractivity contribution in [3.8, 4) is 0 Å². The van der Waals surface area contributed by atoms with E-state index >= 15 is 0 Å². The molecule has 2 rings (SSSR count). The molecule has 0 saturated heterocycles. The van der Waals surface area contributed by atoms with E-state index < -0.39 is 14.8 Å². The Morgan fingerprint density at radius 3 is 1.70 bits per heavy atom. The van der Waals surface area contributed by atoms with Crippen molar-refractivity contribution in [2.24, 2.45) is 0 Å². The van der Waals surface area contributed by atoms with E-state index in [2.05, 4.69) is 0 Å². The third-order valence-corrected chi connectivity index (χ3v) is 4.31. The maximum absolute atomic E-state index is 12.2. The number of hydrogen-bond acceptors (Lipinski definition) is 4. The largest absolute Gasteiger partial charge is 0.699 e. The fourth-order valence-electron chi connectivity index (χ4n) is 1.52. The smallest absolute Gasteiger partial charge is 0.269 e. The van der Waals surface area contributed by atoms with Crippen LogP contribution in [0.3, 0.4) is 0 Å². The van der Waals surface area contributed by atoms with Crippen LogP contribution < -0.4 is 0 Å². The van der Waals surface area contributed by atoms with E-state index in [1.54, 1.807) is 0 Å². The number of nitrogens with one attached hydrogen (secondary N) is 1. The molecule has 1 N–H and O–H groups in total. The molecule has 0 aliphatic heterocycles. The minimum absolute atomic E-state index is 0. The van der Waals surface area contributed by atoms with Crippen LogP contribution in [0.25, 0.3) is 5.73 Å². The molecule has 0 aliphatic rings. The number of rotatable bonds is 3. The van der Waals surface area contributed by atoms with Gasteiger partial charge < -0.3 is 5.73 Å². The van der Waals surface area contributed by atoms with E-state index in [-0.39, 0.29) is 65.2 Å². The van der Waals surface area contributed by atoms with Crippen LogP contribution in [0.4, 0.5) is 11.4 Å². The number of nitro groups is 1. The van der Waals surface area contributed by atoms with Crippen molar-refractivity contribution in [3.05, 3.63) is 64.4 Å². The normalized spacial score (nSPS) is 10.6. The summed E-state index contributed by atoms with van der Waals surface area (Å²) in [6.45, 7) is 0. The Labute approximate surface area is 151 Å². The first-order chi connectivity index (χ1) is 8.91. The average Bonchev–Trinajstić information content (AvgIpc) is 2.39. The Kier molecular flexibility index (Phi) is 5.69. The first kappa shape index (κ1) is 17.1. The summed E-state index contributed by atoms with van der Waals surface area (Å²) in [6.07, 6.45) is 0. The maximum atomic E-state index is 12.2. The summed E-state index contributed by atoms with van der Waals surface area (Å²) in [6, 6.07) is 10.1. The Hall–Kier alpha value is -0.968. The number of non-ortho nitro benzene ring substituents is 1. The molecule has 0 bridgehead atoms. The number of nitrogens with zero attached hydrogens (tertiary/aromatic N) is 1. The molecule has 0 saturated carbocycles. The average molecular weight is 504 g/mol. The van der Waals surface area contributed by atoms with E-state index in [1.807, 2.05) is 0 Å². The van der Waals surface area contributed by atoms with Crippen molar-refractivity contribution >= 4 is 21.2 Å². The topological polar surface area (TPSA) is 101 Å². The van der Waals surface area contributed by atoms with Crippen molar-refractivity contribution in [1.29, 1.82) is 0 Å². The van der Waals surface area contributed by atoms with E-state index in [0.29, 0.717) is 0 Å². The number of hydrogen-bond donors (Lipinski definition) is 0. The molecule has 0 aliphatic carbocycles. The third kappa shape index (κ3) is 3.57. The Balaban J connectivity index is 0.00000200. The Morgan fingerprint density at radius 1 is 0.900 bits per heavy atom. The Morgan fingerprint density at radius 2 is 1.30 bits per heavy atom. The van der Waals surface area contributed by atoms with Gasteiger partial charge in [-0.15, -0.1) is 5.69 Å². The quantitative estimate of drug-likeness (QED) is 0.474. The minimum Gasteiger partial charge on any atom is -0.699 e. The van der Waals surface area contributed by atoms with Gasteiger partial charge in [0.15, 0.2) is 0 Å². The first-order valence-electron chi connectivity index (χ1n) is 5.22. The monoisotopic (exact) mass is 504 g/mol.